The van der Waals surface area contributed by atoms with E-state index in [9.17, 15) is 4.79 Å². The minimum atomic E-state index is -0.0274. The lowest BCUT2D eigenvalue weighted by Gasteiger charge is -2.11. The van der Waals surface area contributed by atoms with Gasteiger partial charge in [0.15, 0.2) is 0 Å². The zero-order valence-corrected chi connectivity index (χ0v) is 13.9. The molecule has 0 saturated carbocycles. The molecule has 1 aromatic carbocycles. The minimum absolute atomic E-state index is 0.0274. The van der Waals surface area contributed by atoms with E-state index in [-0.39, 0.29) is 5.91 Å². The third-order valence-corrected chi connectivity index (χ3v) is 4.60. The molecule has 23 heavy (non-hydrogen) atoms. The van der Waals surface area contributed by atoms with Crippen LogP contribution in [0.25, 0.3) is 10.2 Å². The highest BCUT2D eigenvalue weighted by Crippen LogP contribution is 2.26. The Hall–Kier alpha value is -2.11. The molecular formula is C18H20N2O2S. The summed E-state index contributed by atoms with van der Waals surface area (Å²) in [7, 11) is 1.67. The molecule has 120 valence electrons. The SMILES string of the molecule is COCCCNC(=O)c1cc2sccc2n1Cc1ccccc1. The van der Waals surface area contributed by atoms with E-state index in [1.165, 1.54) is 5.56 Å². The lowest BCUT2D eigenvalue weighted by Crippen LogP contribution is -2.27. The number of aromatic nitrogens is 1. The van der Waals surface area contributed by atoms with E-state index in [4.69, 9.17) is 4.74 Å². The van der Waals surface area contributed by atoms with Crippen LogP contribution in [0, 0.1) is 0 Å². The smallest absolute Gasteiger partial charge is 0.267 e. The zero-order valence-electron chi connectivity index (χ0n) is 13.1. The van der Waals surface area contributed by atoms with Crippen LogP contribution in [-0.2, 0) is 11.3 Å². The Morgan fingerprint density at radius 1 is 1.26 bits per heavy atom. The number of nitrogens with zero attached hydrogens (tertiary/aromatic N) is 1. The van der Waals surface area contributed by atoms with Gasteiger partial charge in [-0.1, -0.05) is 30.3 Å². The zero-order chi connectivity index (χ0) is 16.1. The first-order valence-electron chi connectivity index (χ1n) is 7.67. The number of nitrogens with one attached hydrogen (secondary N) is 1. The van der Waals surface area contributed by atoms with E-state index < -0.39 is 0 Å². The number of hydrogen-bond acceptors (Lipinski definition) is 3. The monoisotopic (exact) mass is 328 g/mol. The maximum Gasteiger partial charge on any atom is 0.267 e. The van der Waals surface area contributed by atoms with Gasteiger partial charge in [0.1, 0.15) is 5.69 Å². The van der Waals surface area contributed by atoms with Gasteiger partial charge in [-0.2, -0.15) is 0 Å². The molecule has 0 aliphatic heterocycles. The molecule has 0 bridgehead atoms. The van der Waals surface area contributed by atoms with Gasteiger partial charge in [0, 0.05) is 26.8 Å². The predicted molar refractivity (Wildman–Crippen MR) is 94.2 cm³/mol. The number of benzene rings is 1. The van der Waals surface area contributed by atoms with Crippen LogP contribution in [0.2, 0.25) is 0 Å². The molecule has 0 saturated heterocycles. The number of carbonyl (C=O) groups excluding carboxylic acids is 1. The number of rotatable bonds is 7. The number of ether oxygens (including phenoxy) is 1. The fraction of sp³-hybridized carbons (Fsp3) is 0.278. The summed E-state index contributed by atoms with van der Waals surface area (Å²) in [6.45, 7) is 1.97. The van der Waals surface area contributed by atoms with Crippen LogP contribution in [-0.4, -0.2) is 30.7 Å². The molecule has 1 N–H and O–H groups in total. The molecule has 0 unspecified atom stereocenters. The summed E-state index contributed by atoms with van der Waals surface area (Å²) >= 11 is 1.66. The van der Waals surface area contributed by atoms with Gasteiger partial charge in [-0.15, -0.1) is 11.3 Å². The number of fused-ring (bicyclic) bond motifs is 1. The van der Waals surface area contributed by atoms with E-state index in [2.05, 4.69) is 33.5 Å². The Morgan fingerprint density at radius 3 is 2.87 bits per heavy atom. The molecule has 1 amide bonds. The normalized spacial score (nSPS) is 11.0. The van der Waals surface area contributed by atoms with Crippen molar-refractivity contribution >= 4 is 27.5 Å². The Balaban J connectivity index is 1.83. The molecule has 5 heteroatoms. The molecule has 0 radical (unpaired) electrons. The van der Waals surface area contributed by atoms with Crippen molar-refractivity contribution in [3.63, 3.8) is 0 Å². The second kappa shape index (κ2) is 7.44. The molecule has 0 atom stereocenters. The van der Waals surface area contributed by atoms with Gasteiger partial charge in [-0.05, 0) is 29.5 Å². The fourth-order valence-corrected chi connectivity index (χ4v) is 3.43. The van der Waals surface area contributed by atoms with E-state index in [0.717, 1.165) is 16.6 Å². The topological polar surface area (TPSA) is 43.3 Å². The first-order valence-corrected chi connectivity index (χ1v) is 8.55. The number of thiophene rings is 1. The Bertz CT molecular complexity index is 777. The number of methoxy groups -OCH3 is 1. The minimum Gasteiger partial charge on any atom is -0.385 e. The fourth-order valence-electron chi connectivity index (χ4n) is 2.61. The average Bonchev–Trinajstić information content (AvgIpc) is 3.15. The van der Waals surface area contributed by atoms with Crippen LogP contribution in [0.3, 0.4) is 0 Å². The van der Waals surface area contributed by atoms with Gasteiger partial charge in [0.25, 0.3) is 5.91 Å². The van der Waals surface area contributed by atoms with Crippen molar-refractivity contribution in [3.05, 3.63) is 59.1 Å². The van der Waals surface area contributed by atoms with Crippen molar-refractivity contribution in [3.8, 4) is 0 Å². The van der Waals surface area contributed by atoms with Crippen LogP contribution < -0.4 is 5.32 Å². The molecule has 0 aliphatic carbocycles. The molecule has 2 aromatic heterocycles. The lowest BCUT2D eigenvalue weighted by molar-refractivity contribution is 0.0940. The highest BCUT2D eigenvalue weighted by atomic mass is 32.1. The standard InChI is InChI=1S/C18H20N2O2S/c1-22-10-5-9-19-18(21)16-12-17-15(8-11-23-17)20(16)13-14-6-3-2-4-7-14/h2-4,6-8,11-12H,5,9-10,13H2,1H3,(H,19,21). The van der Waals surface area contributed by atoms with Crippen molar-refractivity contribution in [2.75, 3.05) is 20.3 Å². The maximum atomic E-state index is 12.5. The summed E-state index contributed by atoms with van der Waals surface area (Å²) in [4.78, 5) is 12.5. The van der Waals surface area contributed by atoms with Gasteiger partial charge in [0.2, 0.25) is 0 Å². The van der Waals surface area contributed by atoms with E-state index >= 15 is 0 Å². The quantitative estimate of drug-likeness (QED) is 0.674. The van der Waals surface area contributed by atoms with Crippen molar-refractivity contribution in [1.29, 1.82) is 0 Å². The highest BCUT2D eigenvalue weighted by molar-refractivity contribution is 7.17. The van der Waals surface area contributed by atoms with Gasteiger partial charge in [-0.3, -0.25) is 4.79 Å². The lowest BCUT2D eigenvalue weighted by atomic mass is 10.2. The summed E-state index contributed by atoms with van der Waals surface area (Å²) in [5.41, 5.74) is 3.01. The van der Waals surface area contributed by atoms with Crippen LogP contribution in [0.1, 0.15) is 22.5 Å². The van der Waals surface area contributed by atoms with Crippen LogP contribution in [0.5, 0.6) is 0 Å². The second-order valence-corrected chi connectivity index (χ2v) is 6.32. The third-order valence-electron chi connectivity index (χ3n) is 3.75. The van der Waals surface area contributed by atoms with Crippen LogP contribution >= 0.6 is 11.3 Å². The molecule has 0 aliphatic rings. The van der Waals surface area contributed by atoms with E-state index in [0.29, 0.717) is 25.4 Å². The molecule has 3 aromatic rings. The van der Waals surface area contributed by atoms with Crippen LogP contribution in [0.4, 0.5) is 0 Å². The number of carbonyl (C=O) groups is 1. The number of hydrogen-bond donors (Lipinski definition) is 1. The molecule has 4 nitrogen and oxygen atoms in total. The van der Waals surface area contributed by atoms with Crippen molar-refractivity contribution < 1.29 is 9.53 Å². The summed E-state index contributed by atoms with van der Waals surface area (Å²) in [6, 6.07) is 14.3. The molecular weight excluding hydrogens is 308 g/mol. The number of amides is 1. The Morgan fingerprint density at radius 2 is 2.09 bits per heavy atom. The summed E-state index contributed by atoms with van der Waals surface area (Å²) in [5, 5.41) is 5.04. The first kappa shape index (κ1) is 15.8. The highest BCUT2D eigenvalue weighted by Gasteiger charge is 2.16. The van der Waals surface area contributed by atoms with E-state index in [1.807, 2.05) is 24.3 Å². The molecule has 0 spiro atoms. The van der Waals surface area contributed by atoms with E-state index in [1.54, 1.807) is 18.4 Å². The molecule has 0 fully saturated rings. The average molecular weight is 328 g/mol. The first-order chi connectivity index (χ1) is 11.3. The molecule has 2 heterocycles. The third kappa shape index (κ3) is 3.63. The Kier molecular flexibility index (Phi) is 5.10. The largest absolute Gasteiger partial charge is 0.385 e. The van der Waals surface area contributed by atoms with Crippen molar-refractivity contribution in [2.45, 2.75) is 13.0 Å². The Labute approximate surface area is 139 Å². The maximum absolute atomic E-state index is 12.5. The molecule has 3 rings (SSSR count). The van der Waals surface area contributed by atoms with Crippen molar-refractivity contribution in [2.24, 2.45) is 0 Å². The van der Waals surface area contributed by atoms with Gasteiger partial charge >= 0.3 is 0 Å². The van der Waals surface area contributed by atoms with Crippen molar-refractivity contribution in [1.82, 2.24) is 9.88 Å². The van der Waals surface area contributed by atoms with Gasteiger partial charge in [-0.25, -0.2) is 0 Å². The second-order valence-electron chi connectivity index (χ2n) is 5.37. The summed E-state index contributed by atoms with van der Waals surface area (Å²) < 4.78 is 8.24. The van der Waals surface area contributed by atoms with Gasteiger partial charge in [0.05, 0.1) is 10.2 Å². The predicted octanol–water partition coefficient (Wildman–Crippen LogP) is 3.52. The summed E-state index contributed by atoms with van der Waals surface area (Å²) in [5.74, 6) is -0.0274. The van der Waals surface area contributed by atoms with Crippen LogP contribution in [0.15, 0.2) is 47.8 Å². The summed E-state index contributed by atoms with van der Waals surface area (Å²) in [6.07, 6.45) is 0.815. The van der Waals surface area contributed by atoms with Gasteiger partial charge < -0.3 is 14.6 Å².